The third-order valence-corrected chi connectivity index (χ3v) is 4.33. The Labute approximate surface area is 119 Å². The Balaban J connectivity index is 2.04. The van der Waals surface area contributed by atoms with Crippen LogP contribution in [0, 0.1) is 6.92 Å². The molecule has 2 rings (SSSR count). The third kappa shape index (κ3) is 2.84. The lowest BCUT2D eigenvalue weighted by Crippen LogP contribution is -2.59. The van der Waals surface area contributed by atoms with Crippen LogP contribution >= 0.6 is 12.2 Å². The molecule has 0 amide bonds. The van der Waals surface area contributed by atoms with E-state index in [1.54, 1.807) is 12.4 Å². The van der Waals surface area contributed by atoms with Crippen molar-refractivity contribution in [1.29, 1.82) is 0 Å². The van der Waals surface area contributed by atoms with E-state index in [1.807, 2.05) is 6.92 Å². The average molecular weight is 279 g/mol. The van der Waals surface area contributed by atoms with Crippen LogP contribution in [0.25, 0.3) is 0 Å². The van der Waals surface area contributed by atoms with Gasteiger partial charge >= 0.3 is 0 Å². The lowest BCUT2D eigenvalue weighted by molar-refractivity contribution is 0.168. The van der Waals surface area contributed by atoms with E-state index in [0.29, 0.717) is 4.99 Å². The standard InChI is InChI=1S/C13H21N5S/c1-10-11(16-5-4-15-10)17-6-8-18(9-7-17)13(2,3)12(14)19/h4-5H,6-9H2,1-3H3,(H2,14,19). The van der Waals surface area contributed by atoms with Crippen LogP contribution in [0.1, 0.15) is 19.5 Å². The molecule has 1 aliphatic heterocycles. The number of piperazine rings is 1. The number of anilines is 1. The van der Waals surface area contributed by atoms with Gasteiger partial charge in [-0.3, -0.25) is 9.88 Å². The molecule has 2 heterocycles. The average Bonchev–Trinajstić information content (AvgIpc) is 2.39. The number of nitrogens with two attached hydrogens (primary N) is 1. The molecule has 1 saturated heterocycles. The van der Waals surface area contributed by atoms with Gasteiger partial charge in [0, 0.05) is 38.6 Å². The number of hydrogen-bond acceptors (Lipinski definition) is 5. The molecule has 0 radical (unpaired) electrons. The van der Waals surface area contributed by atoms with Crippen molar-refractivity contribution in [2.75, 3.05) is 31.1 Å². The molecule has 1 fully saturated rings. The summed E-state index contributed by atoms with van der Waals surface area (Å²) >= 11 is 5.16. The zero-order valence-corrected chi connectivity index (χ0v) is 12.6. The molecule has 19 heavy (non-hydrogen) atoms. The van der Waals surface area contributed by atoms with Crippen LogP contribution < -0.4 is 10.6 Å². The van der Waals surface area contributed by atoms with Crippen LogP contribution in [-0.2, 0) is 0 Å². The first-order valence-electron chi connectivity index (χ1n) is 6.50. The van der Waals surface area contributed by atoms with Gasteiger partial charge < -0.3 is 10.6 Å². The SMILES string of the molecule is Cc1nccnc1N1CCN(C(C)(C)C(N)=S)CC1. The van der Waals surface area contributed by atoms with Crippen LogP contribution in [-0.4, -0.2) is 51.6 Å². The van der Waals surface area contributed by atoms with Gasteiger partial charge in [-0.15, -0.1) is 0 Å². The Morgan fingerprint density at radius 3 is 2.32 bits per heavy atom. The second-order valence-corrected chi connectivity index (χ2v) is 5.80. The van der Waals surface area contributed by atoms with Crippen molar-refractivity contribution in [1.82, 2.24) is 14.9 Å². The minimum atomic E-state index is -0.223. The Bertz CT molecular complexity index is 466. The number of rotatable bonds is 3. The molecular formula is C13H21N5S. The maximum atomic E-state index is 5.82. The summed E-state index contributed by atoms with van der Waals surface area (Å²) in [6, 6.07) is 0. The largest absolute Gasteiger partial charge is 0.392 e. The fourth-order valence-electron chi connectivity index (χ4n) is 2.34. The molecule has 6 heteroatoms. The normalized spacial score (nSPS) is 17.5. The fourth-order valence-corrected chi connectivity index (χ4v) is 2.47. The van der Waals surface area contributed by atoms with Crippen molar-refractivity contribution in [3.8, 4) is 0 Å². The van der Waals surface area contributed by atoms with Crippen molar-refractivity contribution in [2.45, 2.75) is 26.3 Å². The van der Waals surface area contributed by atoms with E-state index in [0.717, 1.165) is 37.7 Å². The first-order chi connectivity index (χ1) is 8.93. The highest BCUT2D eigenvalue weighted by molar-refractivity contribution is 7.80. The minimum absolute atomic E-state index is 0.223. The van der Waals surface area contributed by atoms with Gasteiger partial charge in [-0.1, -0.05) is 12.2 Å². The van der Waals surface area contributed by atoms with Crippen molar-refractivity contribution < 1.29 is 0 Å². The summed E-state index contributed by atoms with van der Waals surface area (Å²) in [4.78, 5) is 13.9. The lowest BCUT2D eigenvalue weighted by Gasteiger charge is -2.43. The van der Waals surface area contributed by atoms with Crippen molar-refractivity contribution in [3.63, 3.8) is 0 Å². The second-order valence-electron chi connectivity index (χ2n) is 5.36. The lowest BCUT2D eigenvalue weighted by atomic mass is 10.0. The van der Waals surface area contributed by atoms with Gasteiger partial charge in [0.2, 0.25) is 0 Å². The van der Waals surface area contributed by atoms with Gasteiger partial charge in [0.1, 0.15) is 5.82 Å². The molecule has 0 spiro atoms. The quantitative estimate of drug-likeness (QED) is 0.832. The van der Waals surface area contributed by atoms with E-state index in [2.05, 4.69) is 33.6 Å². The highest BCUT2D eigenvalue weighted by Gasteiger charge is 2.32. The number of hydrogen-bond donors (Lipinski definition) is 1. The van der Waals surface area contributed by atoms with Crippen molar-refractivity contribution in [2.24, 2.45) is 5.73 Å². The molecule has 1 aliphatic rings. The zero-order valence-electron chi connectivity index (χ0n) is 11.8. The molecular weight excluding hydrogens is 258 g/mol. The molecule has 2 N–H and O–H groups in total. The van der Waals surface area contributed by atoms with E-state index in [-0.39, 0.29) is 5.54 Å². The van der Waals surface area contributed by atoms with Crippen molar-refractivity contribution >= 4 is 23.0 Å². The summed E-state index contributed by atoms with van der Waals surface area (Å²) in [5.74, 6) is 0.982. The van der Waals surface area contributed by atoms with Crippen LogP contribution in [0.5, 0.6) is 0 Å². The Morgan fingerprint density at radius 2 is 1.79 bits per heavy atom. The highest BCUT2D eigenvalue weighted by atomic mass is 32.1. The molecule has 0 unspecified atom stereocenters. The van der Waals surface area contributed by atoms with E-state index >= 15 is 0 Å². The van der Waals surface area contributed by atoms with Gasteiger partial charge in [0.05, 0.1) is 16.2 Å². The van der Waals surface area contributed by atoms with E-state index in [9.17, 15) is 0 Å². The smallest absolute Gasteiger partial charge is 0.150 e. The summed E-state index contributed by atoms with van der Waals surface area (Å²) in [6.07, 6.45) is 3.47. The maximum Gasteiger partial charge on any atom is 0.150 e. The summed E-state index contributed by atoms with van der Waals surface area (Å²) in [6.45, 7) is 9.86. The van der Waals surface area contributed by atoms with E-state index in [1.165, 1.54) is 0 Å². The molecule has 1 aromatic rings. The predicted molar refractivity (Wildman–Crippen MR) is 81.4 cm³/mol. The van der Waals surface area contributed by atoms with Crippen LogP contribution in [0.2, 0.25) is 0 Å². The molecule has 5 nitrogen and oxygen atoms in total. The first-order valence-corrected chi connectivity index (χ1v) is 6.91. The van der Waals surface area contributed by atoms with Gasteiger partial charge in [0.25, 0.3) is 0 Å². The van der Waals surface area contributed by atoms with Gasteiger partial charge in [-0.25, -0.2) is 4.98 Å². The molecule has 0 aromatic carbocycles. The van der Waals surface area contributed by atoms with Gasteiger partial charge in [0.15, 0.2) is 0 Å². The van der Waals surface area contributed by atoms with Gasteiger partial charge in [-0.2, -0.15) is 0 Å². The summed E-state index contributed by atoms with van der Waals surface area (Å²) < 4.78 is 0. The highest BCUT2D eigenvalue weighted by Crippen LogP contribution is 2.21. The van der Waals surface area contributed by atoms with Crippen LogP contribution in [0.4, 0.5) is 5.82 Å². The Hall–Kier alpha value is -1.27. The molecule has 1 aromatic heterocycles. The maximum absolute atomic E-state index is 5.82. The monoisotopic (exact) mass is 279 g/mol. The molecule has 0 aliphatic carbocycles. The van der Waals surface area contributed by atoms with E-state index < -0.39 is 0 Å². The number of aromatic nitrogens is 2. The van der Waals surface area contributed by atoms with Crippen molar-refractivity contribution in [3.05, 3.63) is 18.1 Å². The number of thiocarbonyl (C=S) groups is 1. The Kier molecular flexibility index (Phi) is 4.01. The second kappa shape index (κ2) is 5.38. The molecule has 0 bridgehead atoms. The van der Waals surface area contributed by atoms with E-state index in [4.69, 9.17) is 18.0 Å². The predicted octanol–water partition coefficient (Wildman–Crippen LogP) is 0.972. The minimum Gasteiger partial charge on any atom is -0.392 e. The zero-order chi connectivity index (χ0) is 14.0. The molecule has 0 saturated carbocycles. The van der Waals surface area contributed by atoms with Gasteiger partial charge in [-0.05, 0) is 20.8 Å². The Morgan fingerprint density at radius 1 is 1.21 bits per heavy atom. The molecule has 0 atom stereocenters. The summed E-state index contributed by atoms with van der Waals surface area (Å²) in [5, 5.41) is 0. The fraction of sp³-hybridized carbons (Fsp3) is 0.615. The first kappa shape index (κ1) is 14.1. The number of nitrogens with zero attached hydrogens (tertiary/aromatic N) is 4. The summed E-state index contributed by atoms with van der Waals surface area (Å²) in [5.41, 5.74) is 6.58. The molecule has 104 valence electrons. The topological polar surface area (TPSA) is 58.3 Å². The van der Waals surface area contributed by atoms with Crippen LogP contribution in [0.15, 0.2) is 12.4 Å². The summed E-state index contributed by atoms with van der Waals surface area (Å²) in [7, 11) is 0. The third-order valence-electron chi connectivity index (χ3n) is 3.83. The van der Waals surface area contributed by atoms with Crippen LogP contribution in [0.3, 0.4) is 0 Å². The number of aryl methyl sites for hydroxylation is 1.